The fourth-order valence-electron chi connectivity index (χ4n) is 3.91. The Bertz CT molecular complexity index is 1410. The zero-order chi connectivity index (χ0) is 25.0. The second-order valence-corrected chi connectivity index (χ2v) is 10.3. The second-order valence-electron chi connectivity index (χ2n) is 8.61. The van der Waals surface area contributed by atoms with Gasteiger partial charge in [0.15, 0.2) is 0 Å². The second kappa shape index (κ2) is 10.2. The minimum atomic E-state index is -3.89. The molecule has 2 N–H and O–H groups in total. The van der Waals surface area contributed by atoms with Gasteiger partial charge in [-0.3, -0.25) is 9.52 Å². The Morgan fingerprint density at radius 3 is 1.83 bits per heavy atom. The van der Waals surface area contributed by atoms with Crippen LogP contribution in [0.5, 0.6) is 0 Å². The van der Waals surface area contributed by atoms with Crippen LogP contribution >= 0.6 is 0 Å². The maximum absolute atomic E-state index is 13.3. The van der Waals surface area contributed by atoms with Gasteiger partial charge in [-0.25, -0.2) is 8.42 Å². The number of aryl methyl sites for hydroxylation is 3. The van der Waals surface area contributed by atoms with E-state index in [-0.39, 0.29) is 22.4 Å². The lowest BCUT2D eigenvalue weighted by atomic mass is 9.98. The topological polar surface area (TPSA) is 75.3 Å². The predicted octanol–water partition coefficient (Wildman–Crippen LogP) is 5.93. The van der Waals surface area contributed by atoms with Crippen molar-refractivity contribution in [1.82, 2.24) is 5.32 Å². The molecular formula is C29H28N2O3S. The first-order chi connectivity index (χ1) is 16.7. The van der Waals surface area contributed by atoms with Crippen LogP contribution in [0.4, 0.5) is 5.69 Å². The van der Waals surface area contributed by atoms with E-state index in [1.807, 2.05) is 80.6 Å². The van der Waals surface area contributed by atoms with E-state index < -0.39 is 10.0 Å². The summed E-state index contributed by atoms with van der Waals surface area (Å²) in [6.45, 7) is 5.62. The number of hydrogen-bond acceptors (Lipinski definition) is 3. The van der Waals surface area contributed by atoms with Crippen molar-refractivity contribution in [3.63, 3.8) is 0 Å². The van der Waals surface area contributed by atoms with E-state index in [0.29, 0.717) is 11.3 Å². The van der Waals surface area contributed by atoms with Crippen molar-refractivity contribution in [2.24, 2.45) is 0 Å². The van der Waals surface area contributed by atoms with Crippen molar-refractivity contribution in [2.75, 3.05) is 4.72 Å². The van der Waals surface area contributed by atoms with Gasteiger partial charge in [0.05, 0.1) is 10.9 Å². The van der Waals surface area contributed by atoms with Crippen LogP contribution in [-0.4, -0.2) is 14.3 Å². The zero-order valence-electron chi connectivity index (χ0n) is 19.9. The molecule has 0 atom stereocenters. The molecule has 0 unspecified atom stereocenters. The summed E-state index contributed by atoms with van der Waals surface area (Å²) in [4.78, 5) is 13.4. The van der Waals surface area contributed by atoms with E-state index in [1.165, 1.54) is 6.07 Å². The summed E-state index contributed by atoms with van der Waals surface area (Å²) in [5.41, 5.74) is 5.24. The molecule has 0 aromatic heterocycles. The van der Waals surface area contributed by atoms with Crippen molar-refractivity contribution in [3.05, 3.63) is 130 Å². The molecule has 6 heteroatoms. The van der Waals surface area contributed by atoms with Crippen molar-refractivity contribution >= 4 is 21.6 Å². The van der Waals surface area contributed by atoms with Gasteiger partial charge in [-0.05, 0) is 72.9 Å². The third-order valence-electron chi connectivity index (χ3n) is 6.04. The highest BCUT2D eigenvalue weighted by Gasteiger charge is 2.22. The van der Waals surface area contributed by atoms with Gasteiger partial charge in [-0.15, -0.1) is 0 Å². The number of carbonyl (C=O) groups excluding carboxylic acids is 1. The lowest BCUT2D eigenvalue weighted by Gasteiger charge is -2.20. The lowest BCUT2D eigenvalue weighted by Crippen LogP contribution is -2.29. The molecule has 0 bridgehead atoms. The molecule has 0 saturated heterocycles. The summed E-state index contributed by atoms with van der Waals surface area (Å²) >= 11 is 0. The number of hydrogen-bond donors (Lipinski definition) is 2. The Hall–Kier alpha value is -3.90. The Kier molecular flexibility index (Phi) is 7.03. The van der Waals surface area contributed by atoms with Crippen molar-refractivity contribution in [2.45, 2.75) is 31.7 Å². The van der Waals surface area contributed by atoms with Crippen LogP contribution in [0.2, 0.25) is 0 Å². The van der Waals surface area contributed by atoms with Crippen LogP contribution in [0.15, 0.2) is 102 Å². The van der Waals surface area contributed by atoms with Crippen LogP contribution < -0.4 is 10.0 Å². The van der Waals surface area contributed by atoms with E-state index in [1.54, 1.807) is 31.2 Å². The van der Waals surface area contributed by atoms with Gasteiger partial charge in [-0.1, -0.05) is 72.8 Å². The highest BCUT2D eigenvalue weighted by molar-refractivity contribution is 7.92. The smallest absolute Gasteiger partial charge is 0.262 e. The first kappa shape index (κ1) is 24.2. The van der Waals surface area contributed by atoms with Gasteiger partial charge in [0.1, 0.15) is 0 Å². The fourth-order valence-corrected chi connectivity index (χ4v) is 5.23. The summed E-state index contributed by atoms with van der Waals surface area (Å²) in [6.07, 6.45) is 0. The molecule has 5 nitrogen and oxygen atoms in total. The van der Waals surface area contributed by atoms with Gasteiger partial charge in [0, 0.05) is 11.3 Å². The fraction of sp³-hybridized carbons (Fsp3) is 0.138. The Balaban J connectivity index is 1.64. The maximum Gasteiger partial charge on any atom is 0.262 e. The molecule has 0 heterocycles. The molecule has 0 aliphatic heterocycles. The molecule has 178 valence electrons. The SMILES string of the molecule is Cc1ccc(NS(=O)(=O)c2cc(C(=O)NC(c3ccccc3)c3ccccc3)ccc2C)cc1C. The number of rotatable bonds is 7. The standard InChI is InChI=1S/C29H28N2O3S/c1-20-15-17-26(18-22(20)3)31-35(33,34)27-19-25(16-14-21(27)2)29(32)30-28(23-10-6-4-7-11-23)24-12-8-5-9-13-24/h4-19,28,31H,1-3H3,(H,30,32). The third-order valence-corrected chi connectivity index (χ3v) is 7.56. The molecular weight excluding hydrogens is 456 g/mol. The monoisotopic (exact) mass is 484 g/mol. The van der Waals surface area contributed by atoms with Crippen LogP contribution in [0.25, 0.3) is 0 Å². The van der Waals surface area contributed by atoms with Gasteiger partial charge in [-0.2, -0.15) is 0 Å². The molecule has 1 amide bonds. The molecule has 35 heavy (non-hydrogen) atoms. The molecule has 0 spiro atoms. The van der Waals surface area contributed by atoms with Gasteiger partial charge in [0.25, 0.3) is 15.9 Å². The molecule has 0 saturated carbocycles. The van der Waals surface area contributed by atoms with Crippen molar-refractivity contribution in [3.8, 4) is 0 Å². The largest absolute Gasteiger partial charge is 0.341 e. The van der Waals surface area contributed by atoms with Crippen LogP contribution in [0.3, 0.4) is 0 Å². The highest BCUT2D eigenvalue weighted by atomic mass is 32.2. The molecule has 4 aromatic carbocycles. The number of sulfonamides is 1. The molecule has 4 rings (SSSR count). The molecule has 0 aliphatic rings. The highest BCUT2D eigenvalue weighted by Crippen LogP contribution is 2.25. The minimum Gasteiger partial charge on any atom is -0.341 e. The summed E-state index contributed by atoms with van der Waals surface area (Å²) in [5, 5.41) is 3.07. The van der Waals surface area contributed by atoms with Crippen LogP contribution in [-0.2, 0) is 10.0 Å². The summed E-state index contributed by atoms with van der Waals surface area (Å²) < 4.78 is 29.1. The summed E-state index contributed by atoms with van der Waals surface area (Å²) in [5.74, 6) is -0.356. The van der Waals surface area contributed by atoms with Crippen molar-refractivity contribution in [1.29, 1.82) is 0 Å². The van der Waals surface area contributed by atoms with E-state index >= 15 is 0 Å². The molecule has 4 aromatic rings. The zero-order valence-corrected chi connectivity index (χ0v) is 20.8. The molecule has 0 aliphatic carbocycles. The average molecular weight is 485 g/mol. The number of anilines is 1. The first-order valence-corrected chi connectivity index (χ1v) is 12.8. The Morgan fingerprint density at radius 1 is 0.686 bits per heavy atom. The third kappa shape index (κ3) is 5.61. The van der Waals surface area contributed by atoms with E-state index in [9.17, 15) is 13.2 Å². The van der Waals surface area contributed by atoms with E-state index in [0.717, 1.165) is 22.3 Å². The van der Waals surface area contributed by atoms with Crippen LogP contribution in [0, 0.1) is 20.8 Å². The number of nitrogens with one attached hydrogen (secondary N) is 2. The first-order valence-electron chi connectivity index (χ1n) is 11.4. The number of carbonyl (C=O) groups is 1. The normalized spacial score (nSPS) is 11.3. The molecule has 0 radical (unpaired) electrons. The van der Waals surface area contributed by atoms with Gasteiger partial charge in [0.2, 0.25) is 0 Å². The average Bonchev–Trinajstić information content (AvgIpc) is 2.85. The van der Waals surface area contributed by atoms with Crippen molar-refractivity contribution < 1.29 is 13.2 Å². The lowest BCUT2D eigenvalue weighted by molar-refractivity contribution is 0.0942. The van der Waals surface area contributed by atoms with E-state index in [2.05, 4.69) is 10.0 Å². The summed E-state index contributed by atoms with van der Waals surface area (Å²) in [7, 11) is -3.89. The summed E-state index contributed by atoms with van der Waals surface area (Å²) in [6, 6.07) is 29.1. The van der Waals surface area contributed by atoms with E-state index in [4.69, 9.17) is 0 Å². The quantitative estimate of drug-likeness (QED) is 0.341. The Morgan fingerprint density at radius 2 is 1.26 bits per heavy atom. The predicted molar refractivity (Wildman–Crippen MR) is 140 cm³/mol. The number of benzene rings is 4. The van der Waals surface area contributed by atoms with Crippen LogP contribution in [0.1, 0.15) is 44.2 Å². The minimum absolute atomic E-state index is 0.0688. The number of amides is 1. The Labute approximate surface area is 206 Å². The maximum atomic E-state index is 13.3. The van der Waals surface area contributed by atoms with Gasteiger partial charge >= 0.3 is 0 Å². The molecule has 0 fully saturated rings. The van der Waals surface area contributed by atoms with Gasteiger partial charge < -0.3 is 5.32 Å².